The molecule has 2 fully saturated rings. The van der Waals surface area contributed by atoms with Crippen molar-refractivity contribution in [3.8, 4) is 5.75 Å². The largest absolute Gasteiger partial charge is 0.495 e. The molecule has 1 aromatic rings. The summed E-state index contributed by atoms with van der Waals surface area (Å²) in [5, 5.41) is 0. The van der Waals surface area contributed by atoms with Crippen LogP contribution < -0.4 is 15.7 Å². The molecule has 0 atom stereocenters. The second kappa shape index (κ2) is 8.52. The van der Waals surface area contributed by atoms with Gasteiger partial charge in [-0.2, -0.15) is 0 Å². The highest BCUT2D eigenvalue weighted by Crippen LogP contribution is 2.43. The zero-order chi connectivity index (χ0) is 17.8. The van der Waals surface area contributed by atoms with E-state index < -0.39 is 0 Å². The van der Waals surface area contributed by atoms with Gasteiger partial charge in [0, 0.05) is 0 Å². The first-order valence-electron chi connectivity index (χ1n) is 10.1. The molecule has 0 N–H and O–H groups in total. The van der Waals surface area contributed by atoms with Crippen molar-refractivity contribution in [3.05, 3.63) is 30.4 Å². The normalized spacial score (nSPS) is 30.0. The monoisotopic (exact) mass is 332 g/mol. The van der Waals surface area contributed by atoms with Gasteiger partial charge in [0.25, 0.3) is 0 Å². The van der Waals surface area contributed by atoms with Crippen molar-refractivity contribution in [2.24, 2.45) is 17.8 Å². The molecule has 3 rings (SSSR count). The van der Waals surface area contributed by atoms with E-state index in [9.17, 15) is 0 Å². The Morgan fingerprint density at radius 1 is 0.960 bits per heavy atom. The molecule has 2 saturated carbocycles. The van der Waals surface area contributed by atoms with Gasteiger partial charge in [0.15, 0.2) is 0 Å². The van der Waals surface area contributed by atoms with E-state index in [1.165, 1.54) is 56.9 Å². The molecule has 25 heavy (non-hydrogen) atoms. The first kappa shape index (κ1) is 18.7. The molecule has 0 saturated heterocycles. The molecule has 0 aromatic heterocycles. The Bertz CT molecular complexity index is 582. The van der Waals surface area contributed by atoms with E-state index in [1.807, 2.05) is 13.0 Å². The summed E-state index contributed by atoms with van der Waals surface area (Å²) in [5.41, 5.74) is 2.58. The predicted octanol–water partition coefficient (Wildman–Crippen LogP) is 3.94. The summed E-state index contributed by atoms with van der Waals surface area (Å²) in [7, 11) is 12.5. The number of hydrogen-bond acceptors (Lipinski definition) is 1. The van der Waals surface area contributed by atoms with Gasteiger partial charge in [-0.3, -0.25) is 0 Å². The molecule has 2 aliphatic carbocycles. The second-order valence-corrected chi connectivity index (χ2v) is 7.94. The molecular formula is C22H30B2O. The molecule has 130 valence electrons. The maximum Gasteiger partial charge on any atom is 0.118 e. The molecule has 1 nitrogen and oxygen atoms in total. The van der Waals surface area contributed by atoms with Gasteiger partial charge in [0.2, 0.25) is 0 Å². The highest BCUT2D eigenvalue weighted by atomic mass is 16.5. The Balaban J connectivity index is 1.59. The minimum atomic E-state index is 0.554. The zero-order valence-corrected chi connectivity index (χ0v) is 15.7. The van der Waals surface area contributed by atoms with Crippen molar-refractivity contribution >= 4 is 26.6 Å². The Hall–Kier alpha value is -1.11. The Labute approximate surface area is 156 Å². The number of ether oxygens (including phenoxy) is 1. The summed E-state index contributed by atoms with van der Waals surface area (Å²) < 4.78 is 5.56. The topological polar surface area (TPSA) is 9.23 Å². The van der Waals surface area contributed by atoms with Gasteiger partial charge >= 0.3 is 0 Å². The second-order valence-electron chi connectivity index (χ2n) is 7.94. The van der Waals surface area contributed by atoms with Gasteiger partial charge in [-0.05, 0) is 88.0 Å². The Kier molecular flexibility index (Phi) is 6.36. The molecule has 0 amide bonds. The molecule has 0 unspecified atom stereocenters. The average molecular weight is 332 g/mol. The van der Waals surface area contributed by atoms with Crippen molar-refractivity contribution in [1.29, 1.82) is 0 Å². The van der Waals surface area contributed by atoms with Gasteiger partial charge < -0.3 is 4.74 Å². The third-order valence-corrected chi connectivity index (χ3v) is 6.61. The van der Waals surface area contributed by atoms with Crippen LogP contribution in [0.4, 0.5) is 0 Å². The van der Waals surface area contributed by atoms with E-state index in [0.717, 1.165) is 29.0 Å². The van der Waals surface area contributed by atoms with Crippen molar-refractivity contribution in [2.75, 3.05) is 6.61 Å². The fourth-order valence-electron chi connectivity index (χ4n) is 5.02. The number of rotatable bonds is 5. The van der Waals surface area contributed by atoms with Crippen LogP contribution in [0.3, 0.4) is 0 Å². The van der Waals surface area contributed by atoms with E-state index in [0.29, 0.717) is 18.0 Å². The third-order valence-electron chi connectivity index (χ3n) is 6.61. The van der Waals surface area contributed by atoms with Gasteiger partial charge in [-0.1, -0.05) is 28.6 Å². The quantitative estimate of drug-likeness (QED) is 0.586. The van der Waals surface area contributed by atoms with E-state index in [-0.39, 0.29) is 0 Å². The lowest BCUT2D eigenvalue weighted by atomic mass is 9.66. The lowest BCUT2D eigenvalue weighted by molar-refractivity contribution is 0.172. The first-order chi connectivity index (χ1) is 12.1. The van der Waals surface area contributed by atoms with Crippen molar-refractivity contribution < 1.29 is 4.74 Å². The molecular weight excluding hydrogens is 302 g/mol. The minimum Gasteiger partial charge on any atom is -0.495 e. The van der Waals surface area contributed by atoms with E-state index >= 15 is 0 Å². The van der Waals surface area contributed by atoms with Crippen molar-refractivity contribution in [2.45, 2.75) is 64.2 Å². The summed E-state index contributed by atoms with van der Waals surface area (Å²) in [6, 6.07) is 4.13. The fraction of sp³-hybridized carbons (Fsp3) is 0.636. The summed E-state index contributed by atoms with van der Waals surface area (Å²) in [4.78, 5) is 0. The molecule has 2 aliphatic rings. The number of hydrogen-bond donors (Lipinski definition) is 0. The molecule has 0 bridgehead atoms. The smallest absolute Gasteiger partial charge is 0.118 e. The van der Waals surface area contributed by atoms with Gasteiger partial charge in [0.1, 0.15) is 21.4 Å². The SMILES string of the molecule is [B]c1c(OCC)ccc(C2CCC(C3CCC(C=C)CC3)CC2)c1[B]. The van der Waals surface area contributed by atoms with E-state index in [1.54, 1.807) is 0 Å². The van der Waals surface area contributed by atoms with Crippen LogP contribution >= 0.6 is 0 Å². The van der Waals surface area contributed by atoms with Crippen LogP contribution in [0.25, 0.3) is 0 Å². The van der Waals surface area contributed by atoms with Gasteiger partial charge in [0.05, 0.1) is 6.61 Å². The van der Waals surface area contributed by atoms with Crippen LogP contribution in [0.5, 0.6) is 5.75 Å². The molecule has 3 heteroatoms. The standard InChI is InChI=1S/C22H30B2O/c1-3-15-5-7-16(8-6-15)17-9-11-18(12-10-17)19-13-14-20(25-4-2)22(24)21(19)23/h3,13-18H,1,4-12H2,2H3. The Morgan fingerprint density at radius 3 is 2.12 bits per heavy atom. The van der Waals surface area contributed by atoms with Crippen LogP contribution in [-0.4, -0.2) is 22.3 Å². The lowest BCUT2D eigenvalue weighted by Gasteiger charge is -2.38. The van der Waals surface area contributed by atoms with E-state index in [2.05, 4.69) is 18.7 Å². The molecule has 0 aliphatic heterocycles. The Morgan fingerprint density at radius 2 is 1.56 bits per heavy atom. The third kappa shape index (κ3) is 4.18. The van der Waals surface area contributed by atoms with Crippen LogP contribution in [0.2, 0.25) is 0 Å². The first-order valence-corrected chi connectivity index (χ1v) is 10.1. The molecule has 0 spiro atoms. The highest BCUT2D eigenvalue weighted by Gasteiger charge is 2.31. The van der Waals surface area contributed by atoms with Crippen molar-refractivity contribution in [1.82, 2.24) is 0 Å². The number of allylic oxidation sites excluding steroid dienone is 1. The summed E-state index contributed by atoms with van der Waals surface area (Å²) in [6.07, 6.45) is 12.8. The fourth-order valence-corrected chi connectivity index (χ4v) is 5.02. The predicted molar refractivity (Wildman–Crippen MR) is 109 cm³/mol. The average Bonchev–Trinajstić information content (AvgIpc) is 2.66. The van der Waals surface area contributed by atoms with Crippen LogP contribution in [0.1, 0.15) is 69.8 Å². The lowest BCUT2D eigenvalue weighted by Crippen LogP contribution is -2.33. The van der Waals surface area contributed by atoms with Gasteiger partial charge in [-0.15, -0.1) is 6.58 Å². The van der Waals surface area contributed by atoms with E-state index in [4.69, 9.17) is 20.4 Å². The molecule has 0 heterocycles. The van der Waals surface area contributed by atoms with Gasteiger partial charge in [-0.25, -0.2) is 0 Å². The van der Waals surface area contributed by atoms with Crippen LogP contribution in [0, 0.1) is 17.8 Å². The maximum absolute atomic E-state index is 6.34. The minimum absolute atomic E-state index is 0.554. The molecule has 4 radical (unpaired) electrons. The van der Waals surface area contributed by atoms with Crippen LogP contribution in [-0.2, 0) is 0 Å². The highest BCUT2D eigenvalue weighted by molar-refractivity contribution is 6.50. The zero-order valence-electron chi connectivity index (χ0n) is 15.7. The van der Waals surface area contributed by atoms with Crippen molar-refractivity contribution in [3.63, 3.8) is 0 Å². The summed E-state index contributed by atoms with van der Waals surface area (Å²) >= 11 is 0. The summed E-state index contributed by atoms with van der Waals surface area (Å²) in [6.45, 7) is 6.55. The molecule has 1 aromatic carbocycles. The maximum atomic E-state index is 6.34. The summed E-state index contributed by atoms with van der Waals surface area (Å²) in [5.74, 6) is 3.87. The van der Waals surface area contributed by atoms with Crippen LogP contribution in [0.15, 0.2) is 24.8 Å². The number of benzene rings is 1.